The molecule has 1 aliphatic rings. The van der Waals surface area contributed by atoms with Crippen LogP contribution < -0.4 is 5.32 Å². The van der Waals surface area contributed by atoms with Gasteiger partial charge in [-0.3, -0.25) is 4.90 Å². The average Bonchev–Trinajstić information content (AvgIpc) is 2.40. The summed E-state index contributed by atoms with van der Waals surface area (Å²) in [7, 11) is 0. The van der Waals surface area contributed by atoms with Crippen LogP contribution in [0, 0.1) is 11.3 Å². The van der Waals surface area contributed by atoms with Gasteiger partial charge in [0.05, 0.1) is 6.07 Å². The lowest BCUT2D eigenvalue weighted by atomic mass is 10.1. The fourth-order valence-electron chi connectivity index (χ4n) is 2.07. The Hall–Kier alpha value is -1.63. The molecule has 3 heteroatoms. The number of nitriles is 1. The first-order chi connectivity index (χ1) is 8.31. The molecule has 1 heterocycles. The van der Waals surface area contributed by atoms with Gasteiger partial charge < -0.3 is 5.32 Å². The van der Waals surface area contributed by atoms with E-state index in [1.54, 1.807) is 0 Å². The van der Waals surface area contributed by atoms with Gasteiger partial charge in [0.2, 0.25) is 0 Å². The highest BCUT2D eigenvalue weighted by molar-refractivity contribution is 5.64. The van der Waals surface area contributed by atoms with Crippen molar-refractivity contribution >= 4 is 5.57 Å². The Bertz CT molecular complexity index is 419. The Kier molecular flexibility index (Phi) is 3.92. The number of rotatable bonds is 3. The van der Waals surface area contributed by atoms with Crippen LogP contribution in [0.3, 0.4) is 0 Å². The molecule has 0 bridgehead atoms. The molecule has 1 saturated heterocycles. The molecular formula is C14H17N3. The lowest BCUT2D eigenvalue weighted by Crippen LogP contribution is -2.50. The smallest absolute Gasteiger partial charge is 0.111 e. The standard InChI is InChI=1S/C14H17N3/c1-12(13-5-3-2-4-6-13)11-17-8-7-16-10-14(17)9-15/h2-6,14,16H,1,7-8,10-11H2. The van der Waals surface area contributed by atoms with Crippen molar-refractivity contribution in [2.24, 2.45) is 0 Å². The first-order valence-corrected chi connectivity index (χ1v) is 5.89. The highest BCUT2D eigenvalue weighted by Gasteiger charge is 2.21. The molecule has 1 fully saturated rings. The van der Waals surface area contributed by atoms with Gasteiger partial charge in [-0.05, 0) is 11.1 Å². The summed E-state index contributed by atoms with van der Waals surface area (Å²) < 4.78 is 0. The summed E-state index contributed by atoms with van der Waals surface area (Å²) in [6, 6.07) is 12.4. The zero-order chi connectivity index (χ0) is 12.1. The number of hydrogen-bond acceptors (Lipinski definition) is 3. The van der Waals surface area contributed by atoms with E-state index in [9.17, 15) is 0 Å². The van der Waals surface area contributed by atoms with E-state index in [4.69, 9.17) is 5.26 Å². The maximum Gasteiger partial charge on any atom is 0.111 e. The largest absolute Gasteiger partial charge is 0.313 e. The molecule has 0 spiro atoms. The van der Waals surface area contributed by atoms with Crippen LogP contribution in [0.25, 0.3) is 5.57 Å². The monoisotopic (exact) mass is 227 g/mol. The molecule has 88 valence electrons. The first kappa shape index (κ1) is 11.8. The maximum absolute atomic E-state index is 9.08. The van der Waals surface area contributed by atoms with Gasteiger partial charge in [-0.15, -0.1) is 0 Å². The maximum atomic E-state index is 9.08. The molecule has 0 aromatic heterocycles. The van der Waals surface area contributed by atoms with E-state index in [2.05, 4.69) is 35.0 Å². The fraction of sp³-hybridized carbons (Fsp3) is 0.357. The SMILES string of the molecule is C=C(CN1CCNCC1C#N)c1ccccc1. The minimum atomic E-state index is -0.0378. The van der Waals surface area contributed by atoms with Crippen LogP contribution in [0.15, 0.2) is 36.9 Å². The highest BCUT2D eigenvalue weighted by atomic mass is 15.2. The summed E-state index contributed by atoms with van der Waals surface area (Å²) in [6.45, 7) is 7.48. The van der Waals surface area contributed by atoms with Crippen molar-refractivity contribution in [2.75, 3.05) is 26.2 Å². The van der Waals surface area contributed by atoms with Crippen LogP contribution in [-0.2, 0) is 0 Å². The van der Waals surface area contributed by atoms with Gasteiger partial charge in [0.25, 0.3) is 0 Å². The zero-order valence-corrected chi connectivity index (χ0v) is 9.89. The molecule has 0 radical (unpaired) electrons. The van der Waals surface area contributed by atoms with Crippen LogP contribution in [0.1, 0.15) is 5.56 Å². The molecule has 1 aromatic carbocycles. The molecule has 1 aliphatic heterocycles. The summed E-state index contributed by atoms with van der Waals surface area (Å²) in [4.78, 5) is 2.19. The van der Waals surface area contributed by atoms with Crippen molar-refractivity contribution in [3.63, 3.8) is 0 Å². The molecule has 1 atom stereocenters. The normalized spacial score (nSPS) is 20.8. The Morgan fingerprint density at radius 1 is 1.47 bits per heavy atom. The molecule has 0 saturated carbocycles. The van der Waals surface area contributed by atoms with Gasteiger partial charge in [-0.2, -0.15) is 5.26 Å². The molecule has 1 aromatic rings. The summed E-state index contributed by atoms with van der Waals surface area (Å²) in [5.41, 5.74) is 2.23. The second-order valence-electron chi connectivity index (χ2n) is 4.29. The number of benzene rings is 1. The Morgan fingerprint density at radius 2 is 2.24 bits per heavy atom. The summed E-state index contributed by atoms with van der Waals surface area (Å²) in [6.07, 6.45) is 0. The van der Waals surface area contributed by atoms with Crippen LogP contribution in [0.2, 0.25) is 0 Å². The summed E-state index contributed by atoms with van der Waals surface area (Å²) in [5, 5.41) is 12.3. The molecule has 1 unspecified atom stereocenters. The van der Waals surface area contributed by atoms with E-state index < -0.39 is 0 Å². The van der Waals surface area contributed by atoms with Gasteiger partial charge in [-0.1, -0.05) is 36.9 Å². The Morgan fingerprint density at radius 3 is 2.94 bits per heavy atom. The first-order valence-electron chi connectivity index (χ1n) is 5.89. The highest BCUT2D eigenvalue weighted by Crippen LogP contribution is 2.15. The predicted octanol–water partition coefficient (Wildman–Crippen LogP) is 1.50. The predicted molar refractivity (Wildman–Crippen MR) is 69.3 cm³/mol. The van der Waals surface area contributed by atoms with Gasteiger partial charge in [0.1, 0.15) is 6.04 Å². The van der Waals surface area contributed by atoms with Crippen LogP contribution in [0.5, 0.6) is 0 Å². The van der Waals surface area contributed by atoms with Crippen molar-refractivity contribution < 1.29 is 0 Å². The van der Waals surface area contributed by atoms with Gasteiger partial charge in [0, 0.05) is 26.2 Å². The number of nitrogens with one attached hydrogen (secondary N) is 1. The molecular weight excluding hydrogens is 210 g/mol. The molecule has 0 aliphatic carbocycles. The van der Waals surface area contributed by atoms with E-state index in [0.29, 0.717) is 0 Å². The van der Waals surface area contributed by atoms with E-state index in [1.807, 2.05) is 18.2 Å². The van der Waals surface area contributed by atoms with E-state index in [0.717, 1.165) is 37.3 Å². The zero-order valence-electron chi connectivity index (χ0n) is 9.89. The van der Waals surface area contributed by atoms with Crippen molar-refractivity contribution in [2.45, 2.75) is 6.04 Å². The average molecular weight is 227 g/mol. The third-order valence-corrected chi connectivity index (χ3v) is 3.08. The molecule has 0 amide bonds. The minimum absolute atomic E-state index is 0.0378. The van der Waals surface area contributed by atoms with Crippen LogP contribution in [0.4, 0.5) is 0 Å². The van der Waals surface area contributed by atoms with Gasteiger partial charge in [-0.25, -0.2) is 0 Å². The van der Waals surface area contributed by atoms with E-state index >= 15 is 0 Å². The summed E-state index contributed by atoms with van der Waals surface area (Å²) >= 11 is 0. The number of piperazine rings is 1. The summed E-state index contributed by atoms with van der Waals surface area (Å²) in [5.74, 6) is 0. The van der Waals surface area contributed by atoms with Crippen molar-refractivity contribution in [1.82, 2.24) is 10.2 Å². The van der Waals surface area contributed by atoms with Gasteiger partial charge in [0.15, 0.2) is 0 Å². The lowest BCUT2D eigenvalue weighted by molar-refractivity contribution is 0.221. The topological polar surface area (TPSA) is 39.1 Å². The van der Waals surface area contributed by atoms with Crippen molar-refractivity contribution in [3.05, 3.63) is 42.5 Å². The van der Waals surface area contributed by atoms with E-state index in [1.165, 1.54) is 0 Å². The van der Waals surface area contributed by atoms with Crippen LogP contribution in [-0.4, -0.2) is 37.1 Å². The third-order valence-electron chi connectivity index (χ3n) is 3.08. The van der Waals surface area contributed by atoms with Crippen molar-refractivity contribution in [1.29, 1.82) is 5.26 Å². The number of nitrogens with zero attached hydrogens (tertiary/aromatic N) is 2. The third kappa shape index (κ3) is 2.94. The second-order valence-corrected chi connectivity index (χ2v) is 4.29. The fourth-order valence-corrected chi connectivity index (χ4v) is 2.07. The van der Waals surface area contributed by atoms with E-state index in [-0.39, 0.29) is 6.04 Å². The van der Waals surface area contributed by atoms with Crippen LogP contribution >= 0.6 is 0 Å². The second kappa shape index (κ2) is 5.62. The molecule has 2 rings (SSSR count). The number of hydrogen-bond donors (Lipinski definition) is 1. The minimum Gasteiger partial charge on any atom is -0.313 e. The van der Waals surface area contributed by atoms with Gasteiger partial charge >= 0.3 is 0 Å². The molecule has 17 heavy (non-hydrogen) atoms. The molecule has 1 N–H and O–H groups in total. The lowest BCUT2D eigenvalue weighted by Gasteiger charge is -2.32. The van der Waals surface area contributed by atoms with Crippen molar-refractivity contribution in [3.8, 4) is 6.07 Å². The Labute approximate surface area is 102 Å². The quantitative estimate of drug-likeness (QED) is 0.850. The Balaban J connectivity index is 2.01. The molecule has 3 nitrogen and oxygen atoms in total.